The smallest absolute Gasteiger partial charge is 0.241 e. The number of aryl methyl sites for hydroxylation is 1. The summed E-state index contributed by atoms with van der Waals surface area (Å²) in [6.07, 6.45) is 0. The number of rotatable bonds is 5. The minimum absolute atomic E-state index is 0.188. The number of nitrogens with two attached hydrogens (primary N) is 1. The Labute approximate surface area is 124 Å². The van der Waals surface area contributed by atoms with Gasteiger partial charge in [-0.3, -0.25) is 0 Å². The highest BCUT2D eigenvalue weighted by atomic mass is 32.2. The molecule has 0 aliphatic rings. The topological polar surface area (TPSA) is 81.4 Å². The van der Waals surface area contributed by atoms with E-state index in [0.717, 1.165) is 5.56 Å². The monoisotopic (exact) mass is 306 g/mol. The van der Waals surface area contributed by atoms with Gasteiger partial charge in [-0.05, 0) is 42.3 Å². The number of sulfonamides is 1. The molecule has 2 rings (SSSR count). The molecule has 0 aliphatic heterocycles. The van der Waals surface area contributed by atoms with Gasteiger partial charge in [0, 0.05) is 12.2 Å². The molecule has 0 radical (unpaired) electrons. The van der Waals surface area contributed by atoms with Crippen LogP contribution in [0.2, 0.25) is 0 Å². The number of benzene rings is 2. The summed E-state index contributed by atoms with van der Waals surface area (Å²) >= 11 is 0. The van der Waals surface area contributed by atoms with Crippen molar-refractivity contribution < 1.29 is 13.2 Å². The molecule has 112 valence electrons. The van der Waals surface area contributed by atoms with E-state index in [4.69, 9.17) is 10.5 Å². The van der Waals surface area contributed by atoms with Crippen molar-refractivity contribution in [2.75, 3.05) is 12.8 Å². The van der Waals surface area contributed by atoms with Crippen molar-refractivity contribution in [3.63, 3.8) is 0 Å². The average molecular weight is 306 g/mol. The molecule has 0 amide bonds. The van der Waals surface area contributed by atoms with Crippen molar-refractivity contribution in [2.45, 2.75) is 18.4 Å². The molecule has 0 saturated carbocycles. The Morgan fingerprint density at radius 2 is 1.95 bits per heavy atom. The van der Waals surface area contributed by atoms with Crippen LogP contribution in [-0.4, -0.2) is 15.5 Å². The van der Waals surface area contributed by atoms with Gasteiger partial charge < -0.3 is 10.5 Å². The summed E-state index contributed by atoms with van der Waals surface area (Å²) in [5, 5.41) is 0. The van der Waals surface area contributed by atoms with Crippen LogP contribution in [0.5, 0.6) is 5.75 Å². The molecule has 21 heavy (non-hydrogen) atoms. The largest absolute Gasteiger partial charge is 0.497 e. The lowest BCUT2D eigenvalue weighted by Gasteiger charge is -2.10. The zero-order chi connectivity index (χ0) is 15.5. The number of hydrogen-bond donors (Lipinski definition) is 2. The molecule has 6 heteroatoms. The molecule has 2 aromatic carbocycles. The summed E-state index contributed by atoms with van der Waals surface area (Å²) in [6, 6.07) is 12.1. The molecule has 0 spiro atoms. The zero-order valence-electron chi connectivity index (χ0n) is 12.0. The molecule has 0 fully saturated rings. The lowest BCUT2D eigenvalue weighted by Crippen LogP contribution is -2.24. The van der Waals surface area contributed by atoms with Gasteiger partial charge in [0.2, 0.25) is 10.0 Å². The second-order valence-electron chi connectivity index (χ2n) is 4.70. The van der Waals surface area contributed by atoms with Crippen molar-refractivity contribution in [1.82, 2.24) is 4.72 Å². The van der Waals surface area contributed by atoms with E-state index in [2.05, 4.69) is 4.72 Å². The van der Waals surface area contributed by atoms with Crippen LogP contribution in [0.25, 0.3) is 0 Å². The molecule has 0 atom stereocenters. The van der Waals surface area contributed by atoms with Crippen molar-refractivity contribution >= 4 is 15.7 Å². The summed E-state index contributed by atoms with van der Waals surface area (Å²) in [7, 11) is -2.03. The lowest BCUT2D eigenvalue weighted by atomic mass is 10.2. The van der Waals surface area contributed by atoms with Gasteiger partial charge in [-0.1, -0.05) is 18.2 Å². The molecule has 0 unspecified atom stereocenters. The first kappa shape index (κ1) is 15.3. The highest BCUT2D eigenvalue weighted by Crippen LogP contribution is 2.19. The third-order valence-corrected chi connectivity index (χ3v) is 4.65. The van der Waals surface area contributed by atoms with Gasteiger partial charge in [-0.15, -0.1) is 0 Å². The van der Waals surface area contributed by atoms with Gasteiger partial charge in [0.1, 0.15) is 5.75 Å². The highest BCUT2D eigenvalue weighted by Gasteiger charge is 2.16. The van der Waals surface area contributed by atoms with E-state index in [0.29, 0.717) is 17.0 Å². The van der Waals surface area contributed by atoms with Crippen LogP contribution >= 0.6 is 0 Å². The summed E-state index contributed by atoms with van der Waals surface area (Å²) in [5.41, 5.74) is 7.55. The van der Waals surface area contributed by atoms with Crippen LogP contribution in [0, 0.1) is 6.92 Å². The van der Waals surface area contributed by atoms with Crippen LogP contribution in [0.15, 0.2) is 47.4 Å². The predicted molar refractivity (Wildman–Crippen MR) is 82.6 cm³/mol. The minimum Gasteiger partial charge on any atom is -0.497 e. The normalized spacial score (nSPS) is 11.3. The fourth-order valence-electron chi connectivity index (χ4n) is 1.94. The standard InChI is InChI=1S/C15H18N2O3S/c1-11-6-7-13(16)9-15(11)21(18,19)17-10-12-4-3-5-14(8-12)20-2/h3-9,17H,10,16H2,1-2H3. The fraction of sp³-hybridized carbons (Fsp3) is 0.200. The van der Waals surface area contributed by atoms with Crippen molar-refractivity contribution in [1.29, 1.82) is 0 Å². The maximum absolute atomic E-state index is 12.3. The fourth-order valence-corrected chi connectivity index (χ4v) is 3.24. The Morgan fingerprint density at radius 3 is 2.67 bits per heavy atom. The molecule has 0 aromatic heterocycles. The number of ether oxygens (including phenoxy) is 1. The van der Waals surface area contributed by atoms with E-state index in [1.807, 2.05) is 12.1 Å². The zero-order valence-corrected chi connectivity index (χ0v) is 12.8. The summed E-state index contributed by atoms with van der Waals surface area (Å²) in [4.78, 5) is 0.199. The number of anilines is 1. The molecular weight excluding hydrogens is 288 g/mol. The third kappa shape index (κ3) is 3.74. The average Bonchev–Trinajstić information content (AvgIpc) is 2.48. The van der Waals surface area contributed by atoms with Crippen LogP contribution < -0.4 is 15.2 Å². The minimum atomic E-state index is -3.60. The van der Waals surface area contributed by atoms with Crippen LogP contribution in [0.3, 0.4) is 0 Å². The molecule has 0 heterocycles. The van der Waals surface area contributed by atoms with Crippen molar-refractivity contribution in [3.05, 3.63) is 53.6 Å². The van der Waals surface area contributed by atoms with Crippen LogP contribution in [0.1, 0.15) is 11.1 Å². The molecule has 3 N–H and O–H groups in total. The van der Waals surface area contributed by atoms with Crippen molar-refractivity contribution in [3.8, 4) is 5.75 Å². The highest BCUT2D eigenvalue weighted by molar-refractivity contribution is 7.89. The van der Waals surface area contributed by atoms with E-state index in [1.54, 1.807) is 38.3 Å². The SMILES string of the molecule is COc1cccc(CNS(=O)(=O)c2cc(N)ccc2C)c1. The summed E-state index contributed by atoms with van der Waals surface area (Å²) in [6.45, 7) is 1.92. The number of nitrogen functional groups attached to an aromatic ring is 1. The number of methoxy groups -OCH3 is 1. The van der Waals surface area contributed by atoms with Gasteiger partial charge >= 0.3 is 0 Å². The van der Waals surface area contributed by atoms with E-state index in [-0.39, 0.29) is 11.4 Å². The van der Waals surface area contributed by atoms with E-state index in [1.165, 1.54) is 6.07 Å². The van der Waals surface area contributed by atoms with E-state index >= 15 is 0 Å². The Balaban J connectivity index is 2.19. The van der Waals surface area contributed by atoms with Crippen LogP contribution in [-0.2, 0) is 16.6 Å². The second kappa shape index (κ2) is 6.15. The van der Waals surface area contributed by atoms with Crippen molar-refractivity contribution in [2.24, 2.45) is 0 Å². The first-order valence-corrected chi connectivity index (χ1v) is 7.89. The van der Waals surface area contributed by atoms with Gasteiger partial charge in [-0.2, -0.15) is 0 Å². The molecule has 0 aliphatic carbocycles. The number of nitrogens with one attached hydrogen (secondary N) is 1. The second-order valence-corrected chi connectivity index (χ2v) is 6.44. The first-order valence-electron chi connectivity index (χ1n) is 6.41. The maximum atomic E-state index is 12.3. The summed E-state index contributed by atoms with van der Waals surface area (Å²) < 4.78 is 32.4. The lowest BCUT2D eigenvalue weighted by molar-refractivity contribution is 0.414. The molecule has 5 nitrogen and oxygen atoms in total. The molecule has 0 bridgehead atoms. The Bertz CT molecular complexity index is 742. The maximum Gasteiger partial charge on any atom is 0.241 e. The van der Waals surface area contributed by atoms with Gasteiger partial charge in [0.05, 0.1) is 12.0 Å². The van der Waals surface area contributed by atoms with Gasteiger partial charge in [0.15, 0.2) is 0 Å². The molecular formula is C15H18N2O3S. The van der Waals surface area contributed by atoms with E-state index in [9.17, 15) is 8.42 Å². The predicted octanol–water partition coefficient (Wildman–Crippen LogP) is 2.06. The molecule has 2 aromatic rings. The third-order valence-electron chi connectivity index (χ3n) is 3.10. The number of hydrogen-bond acceptors (Lipinski definition) is 4. The van der Waals surface area contributed by atoms with E-state index < -0.39 is 10.0 Å². The Hall–Kier alpha value is -2.05. The Kier molecular flexibility index (Phi) is 4.50. The first-order chi connectivity index (χ1) is 9.92. The van der Waals surface area contributed by atoms with Gasteiger partial charge in [0.25, 0.3) is 0 Å². The van der Waals surface area contributed by atoms with Gasteiger partial charge in [-0.25, -0.2) is 13.1 Å². The Morgan fingerprint density at radius 1 is 1.19 bits per heavy atom. The summed E-state index contributed by atoms with van der Waals surface area (Å²) in [5.74, 6) is 0.687. The molecule has 0 saturated heterocycles. The van der Waals surface area contributed by atoms with Crippen LogP contribution in [0.4, 0.5) is 5.69 Å². The quantitative estimate of drug-likeness (QED) is 0.829.